The Kier molecular flexibility index (Phi) is 3.92. The number of carboxylic acid groups (broad SMARTS) is 1. The maximum atomic E-state index is 12.1. The third kappa shape index (κ3) is 2.97. The fourth-order valence-electron chi connectivity index (χ4n) is 2.34. The molecule has 106 valence electrons. The van der Waals surface area contributed by atoms with Crippen LogP contribution < -0.4 is 5.32 Å². The van der Waals surface area contributed by atoms with Crippen LogP contribution in [0, 0.1) is 11.8 Å². The van der Waals surface area contributed by atoms with Crippen molar-refractivity contribution in [1.29, 1.82) is 0 Å². The highest BCUT2D eigenvalue weighted by atomic mass is 16.4. The molecule has 0 radical (unpaired) electrons. The molecule has 0 aromatic rings. The van der Waals surface area contributed by atoms with Crippen LogP contribution in [0.1, 0.15) is 13.3 Å². The monoisotopic (exact) mass is 269 g/mol. The second-order valence-corrected chi connectivity index (χ2v) is 5.16. The zero-order chi connectivity index (χ0) is 14.0. The average Bonchev–Trinajstić information content (AvgIpc) is 2.51. The van der Waals surface area contributed by atoms with Crippen molar-refractivity contribution >= 4 is 17.9 Å². The molecule has 2 aliphatic rings. The third-order valence-electron chi connectivity index (χ3n) is 3.86. The van der Waals surface area contributed by atoms with Gasteiger partial charge in [0.25, 0.3) is 0 Å². The van der Waals surface area contributed by atoms with Gasteiger partial charge in [0.05, 0.1) is 5.92 Å². The van der Waals surface area contributed by atoms with E-state index in [0.29, 0.717) is 39.1 Å². The predicted molar refractivity (Wildman–Crippen MR) is 66.5 cm³/mol. The summed E-state index contributed by atoms with van der Waals surface area (Å²) in [6.07, 6.45) is 0.328. The van der Waals surface area contributed by atoms with Crippen LogP contribution in [0.5, 0.6) is 0 Å². The van der Waals surface area contributed by atoms with Crippen molar-refractivity contribution in [3.63, 3.8) is 0 Å². The Balaban J connectivity index is 1.82. The van der Waals surface area contributed by atoms with Gasteiger partial charge in [0.15, 0.2) is 0 Å². The number of carbonyl (C=O) groups excluding carboxylic acids is 2. The summed E-state index contributed by atoms with van der Waals surface area (Å²) in [4.78, 5) is 37.5. The molecule has 2 aliphatic heterocycles. The van der Waals surface area contributed by atoms with Gasteiger partial charge in [-0.2, -0.15) is 0 Å². The first-order valence-corrected chi connectivity index (χ1v) is 6.52. The quantitative estimate of drug-likeness (QED) is 0.712. The fraction of sp³-hybridized carbons (Fsp3) is 0.750. The number of urea groups is 1. The van der Waals surface area contributed by atoms with Gasteiger partial charge in [-0.25, -0.2) is 4.79 Å². The standard InChI is InChI=1S/C12H19N3O4/c1-8(11(17)18)9-6-15(7-9)12(19)14-4-2-10(16)13-3-5-14/h8-9H,2-7H2,1H3,(H,13,16)(H,17,18). The Labute approximate surface area is 111 Å². The van der Waals surface area contributed by atoms with E-state index in [9.17, 15) is 14.4 Å². The number of aliphatic carboxylic acids is 1. The molecular formula is C12H19N3O4. The zero-order valence-electron chi connectivity index (χ0n) is 11.0. The van der Waals surface area contributed by atoms with Crippen molar-refractivity contribution in [2.75, 3.05) is 32.7 Å². The molecule has 19 heavy (non-hydrogen) atoms. The smallest absolute Gasteiger partial charge is 0.320 e. The number of nitrogens with one attached hydrogen (secondary N) is 1. The summed E-state index contributed by atoms with van der Waals surface area (Å²) in [6.45, 7) is 4.07. The third-order valence-corrected chi connectivity index (χ3v) is 3.86. The van der Waals surface area contributed by atoms with Gasteiger partial charge in [0.2, 0.25) is 5.91 Å². The molecule has 0 saturated carbocycles. The summed E-state index contributed by atoms with van der Waals surface area (Å²) >= 11 is 0. The summed E-state index contributed by atoms with van der Waals surface area (Å²) in [5.74, 6) is -1.23. The number of nitrogens with zero attached hydrogens (tertiary/aromatic N) is 2. The molecule has 2 heterocycles. The lowest BCUT2D eigenvalue weighted by Crippen LogP contribution is -2.57. The molecule has 0 aromatic carbocycles. The predicted octanol–water partition coefficient (Wildman–Crippen LogP) is -0.419. The van der Waals surface area contributed by atoms with E-state index in [4.69, 9.17) is 5.11 Å². The molecule has 0 spiro atoms. The van der Waals surface area contributed by atoms with E-state index in [-0.39, 0.29) is 17.9 Å². The summed E-state index contributed by atoms with van der Waals surface area (Å²) in [7, 11) is 0. The number of likely N-dealkylation sites (tertiary alicyclic amines) is 1. The molecule has 2 fully saturated rings. The minimum atomic E-state index is -0.818. The van der Waals surface area contributed by atoms with Crippen LogP contribution in [-0.2, 0) is 9.59 Å². The second-order valence-electron chi connectivity index (χ2n) is 5.16. The van der Waals surface area contributed by atoms with Crippen molar-refractivity contribution in [3.05, 3.63) is 0 Å². The lowest BCUT2D eigenvalue weighted by molar-refractivity contribution is -0.145. The van der Waals surface area contributed by atoms with Gasteiger partial charge in [0.1, 0.15) is 0 Å². The van der Waals surface area contributed by atoms with Crippen molar-refractivity contribution in [3.8, 4) is 0 Å². The normalized spacial score (nSPS) is 22.3. The van der Waals surface area contributed by atoms with Crippen LogP contribution in [0.15, 0.2) is 0 Å². The first-order chi connectivity index (χ1) is 8.99. The summed E-state index contributed by atoms with van der Waals surface area (Å²) in [5.41, 5.74) is 0. The number of rotatable bonds is 2. The zero-order valence-corrected chi connectivity index (χ0v) is 11.0. The van der Waals surface area contributed by atoms with Crippen molar-refractivity contribution in [1.82, 2.24) is 15.1 Å². The highest BCUT2D eigenvalue weighted by molar-refractivity contribution is 5.80. The molecule has 2 rings (SSSR count). The maximum absolute atomic E-state index is 12.1. The van der Waals surface area contributed by atoms with Crippen LogP contribution in [0.3, 0.4) is 0 Å². The Hall–Kier alpha value is -1.79. The van der Waals surface area contributed by atoms with Crippen molar-refractivity contribution in [2.45, 2.75) is 13.3 Å². The van der Waals surface area contributed by atoms with Gasteiger partial charge in [-0.3, -0.25) is 9.59 Å². The number of hydrogen-bond acceptors (Lipinski definition) is 3. The molecule has 2 saturated heterocycles. The number of amides is 3. The van der Waals surface area contributed by atoms with E-state index in [2.05, 4.69) is 5.32 Å². The molecule has 1 unspecified atom stereocenters. The van der Waals surface area contributed by atoms with E-state index in [1.165, 1.54) is 0 Å². The van der Waals surface area contributed by atoms with Gasteiger partial charge >= 0.3 is 12.0 Å². The number of hydrogen-bond donors (Lipinski definition) is 2. The Bertz CT molecular complexity index is 392. The SMILES string of the molecule is CC(C(=O)O)C1CN(C(=O)N2CCNC(=O)CC2)C1. The van der Waals surface area contributed by atoms with Crippen molar-refractivity contribution < 1.29 is 19.5 Å². The summed E-state index contributed by atoms with van der Waals surface area (Å²) in [5, 5.41) is 11.6. The van der Waals surface area contributed by atoms with E-state index >= 15 is 0 Å². The Morgan fingerprint density at radius 2 is 2.00 bits per heavy atom. The molecule has 7 nitrogen and oxygen atoms in total. The number of carboxylic acids is 1. The molecule has 1 atom stereocenters. The molecule has 3 amide bonds. The largest absolute Gasteiger partial charge is 0.481 e. The molecule has 0 aromatic heterocycles. The lowest BCUT2D eigenvalue weighted by Gasteiger charge is -2.43. The first kappa shape index (κ1) is 13.6. The van der Waals surface area contributed by atoms with E-state index in [1.807, 2.05) is 0 Å². The Morgan fingerprint density at radius 1 is 1.32 bits per heavy atom. The lowest BCUT2D eigenvalue weighted by atomic mass is 9.87. The topological polar surface area (TPSA) is 89.9 Å². The molecule has 2 N–H and O–H groups in total. The van der Waals surface area contributed by atoms with Crippen LogP contribution in [0.2, 0.25) is 0 Å². The van der Waals surface area contributed by atoms with Crippen molar-refractivity contribution in [2.24, 2.45) is 11.8 Å². The second kappa shape index (κ2) is 5.46. The van der Waals surface area contributed by atoms with Gasteiger partial charge in [-0.15, -0.1) is 0 Å². The highest BCUT2D eigenvalue weighted by Gasteiger charge is 2.38. The van der Waals surface area contributed by atoms with E-state index in [0.717, 1.165) is 0 Å². The molecule has 7 heteroatoms. The minimum absolute atomic E-state index is 0.0312. The highest BCUT2D eigenvalue weighted by Crippen LogP contribution is 2.25. The number of carbonyl (C=O) groups is 3. The van der Waals surface area contributed by atoms with Crippen LogP contribution >= 0.6 is 0 Å². The van der Waals surface area contributed by atoms with Gasteiger partial charge in [-0.1, -0.05) is 6.92 Å². The van der Waals surface area contributed by atoms with Crippen LogP contribution in [-0.4, -0.2) is 65.5 Å². The fourth-order valence-corrected chi connectivity index (χ4v) is 2.34. The average molecular weight is 269 g/mol. The molecule has 0 bridgehead atoms. The minimum Gasteiger partial charge on any atom is -0.481 e. The summed E-state index contributed by atoms with van der Waals surface area (Å²) in [6, 6.07) is -0.0923. The first-order valence-electron chi connectivity index (χ1n) is 6.52. The van der Waals surface area contributed by atoms with Gasteiger partial charge < -0.3 is 20.2 Å². The molecule has 0 aliphatic carbocycles. The van der Waals surface area contributed by atoms with E-state index in [1.54, 1.807) is 16.7 Å². The van der Waals surface area contributed by atoms with E-state index < -0.39 is 11.9 Å². The van der Waals surface area contributed by atoms with Gasteiger partial charge in [-0.05, 0) is 0 Å². The van der Waals surface area contributed by atoms with Gasteiger partial charge in [0, 0.05) is 45.1 Å². The summed E-state index contributed by atoms with van der Waals surface area (Å²) < 4.78 is 0. The molecular weight excluding hydrogens is 250 g/mol. The Morgan fingerprint density at radius 3 is 2.63 bits per heavy atom. The van der Waals surface area contributed by atoms with Crippen LogP contribution in [0.25, 0.3) is 0 Å². The maximum Gasteiger partial charge on any atom is 0.320 e. The van der Waals surface area contributed by atoms with Crippen LogP contribution in [0.4, 0.5) is 4.79 Å².